The normalized spacial score (nSPS) is 26.0. The molecule has 0 aromatic heterocycles. The maximum Gasteiger partial charge on any atom is 0.0654 e. The van der Waals surface area contributed by atoms with Gasteiger partial charge in [-0.15, -0.1) is 0 Å². The van der Waals surface area contributed by atoms with Crippen molar-refractivity contribution in [3.8, 4) is 0 Å². The number of hydrogen-bond acceptors (Lipinski definition) is 3. The Morgan fingerprint density at radius 1 is 1.35 bits per heavy atom. The molecule has 2 N–H and O–H groups in total. The Bertz CT molecular complexity index is 337. The second-order valence-corrected chi connectivity index (χ2v) is 5.10. The summed E-state index contributed by atoms with van der Waals surface area (Å²) >= 11 is 0. The van der Waals surface area contributed by atoms with Crippen LogP contribution in [0.5, 0.6) is 0 Å². The molecule has 0 amide bonds. The lowest BCUT2D eigenvalue weighted by Crippen LogP contribution is -2.56. The van der Waals surface area contributed by atoms with Crippen molar-refractivity contribution in [1.29, 1.82) is 0 Å². The van der Waals surface area contributed by atoms with Gasteiger partial charge in [-0.2, -0.15) is 0 Å². The largest absolute Gasteiger partial charge is 0.383 e. The van der Waals surface area contributed by atoms with Gasteiger partial charge in [-0.3, -0.25) is 4.90 Å². The molecule has 1 heterocycles. The van der Waals surface area contributed by atoms with Gasteiger partial charge in [-0.1, -0.05) is 30.3 Å². The maximum atomic E-state index is 6.35. The van der Waals surface area contributed by atoms with Gasteiger partial charge in [0.25, 0.3) is 0 Å². The van der Waals surface area contributed by atoms with Gasteiger partial charge in [0.2, 0.25) is 0 Å². The third-order valence-corrected chi connectivity index (χ3v) is 3.37. The summed E-state index contributed by atoms with van der Waals surface area (Å²) in [5, 5.41) is 0. The van der Waals surface area contributed by atoms with Crippen molar-refractivity contribution >= 4 is 0 Å². The van der Waals surface area contributed by atoms with Crippen LogP contribution in [0.25, 0.3) is 0 Å². The third kappa shape index (κ3) is 3.53. The summed E-state index contributed by atoms with van der Waals surface area (Å²) < 4.78 is 5.23. The number of rotatable bonds is 4. The van der Waals surface area contributed by atoms with Gasteiger partial charge < -0.3 is 10.5 Å². The highest BCUT2D eigenvalue weighted by atomic mass is 16.5. The first-order valence-electron chi connectivity index (χ1n) is 6.26. The number of ether oxygens (including phenoxy) is 1. The smallest absolute Gasteiger partial charge is 0.0654 e. The first-order chi connectivity index (χ1) is 8.22. The second kappa shape index (κ2) is 5.63. The van der Waals surface area contributed by atoms with Crippen LogP contribution in [0.2, 0.25) is 0 Å². The van der Waals surface area contributed by atoms with Crippen LogP contribution >= 0.6 is 0 Å². The molecule has 0 spiro atoms. The molecule has 2 rings (SSSR count). The van der Waals surface area contributed by atoms with Gasteiger partial charge in [-0.25, -0.2) is 0 Å². The van der Waals surface area contributed by atoms with Gasteiger partial charge >= 0.3 is 0 Å². The fourth-order valence-corrected chi connectivity index (χ4v) is 2.64. The number of hydrogen-bond donors (Lipinski definition) is 1. The minimum atomic E-state index is -0.165. The fraction of sp³-hybridized carbons (Fsp3) is 0.571. The molecule has 17 heavy (non-hydrogen) atoms. The molecule has 1 aliphatic heterocycles. The average molecular weight is 234 g/mol. The van der Waals surface area contributed by atoms with Crippen molar-refractivity contribution in [3.63, 3.8) is 0 Å². The Morgan fingerprint density at radius 3 is 2.82 bits per heavy atom. The molecule has 0 aliphatic carbocycles. The van der Waals surface area contributed by atoms with Crippen LogP contribution < -0.4 is 5.73 Å². The standard InChI is InChI=1S/C14H22N2O/c1-17-12-14(15)8-5-9-16(11-14)10-13-6-3-2-4-7-13/h2-4,6-7H,5,8-12,15H2,1H3. The lowest BCUT2D eigenvalue weighted by atomic mass is 9.90. The van der Waals surface area contributed by atoms with E-state index < -0.39 is 0 Å². The summed E-state index contributed by atoms with van der Waals surface area (Å²) in [6, 6.07) is 10.6. The lowest BCUT2D eigenvalue weighted by Gasteiger charge is -2.39. The molecular weight excluding hydrogens is 212 g/mol. The van der Waals surface area contributed by atoms with E-state index in [1.54, 1.807) is 7.11 Å². The van der Waals surface area contributed by atoms with Crippen LogP contribution in [0, 0.1) is 0 Å². The molecule has 0 bridgehead atoms. The summed E-state index contributed by atoms with van der Waals surface area (Å²) in [5.74, 6) is 0. The number of methoxy groups -OCH3 is 1. The third-order valence-electron chi connectivity index (χ3n) is 3.37. The first-order valence-corrected chi connectivity index (χ1v) is 6.26. The lowest BCUT2D eigenvalue weighted by molar-refractivity contribution is 0.0650. The van der Waals surface area contributed by atoms with Crippen LogP contribution in [-0.2, 0) is 11.3 Å². The van der Waals surface area contributed by atoms with Crippen LogP contribution in [0.4, 0.5) is 0 Å². The molecule has 1 aromatic carbocycles. The van der Waals surface area contributed by atoms with Crippen molar-refractivity contribution in [1.82, 2.24) is 4.90 Å². The van der Waals surface area contributed by atoms with Gasteiger partial charge in [0, 0.05) is 20.2 Å². The molecule has 1 fully saturated rings. The van der Waals surface area contributed by atoms with Gasteiger partial charge in [0.1, 0.15) is 0 Å². The highest BCUT2D eigenvalue weighted by Crippen LogP contribution is 2.20. The van der Waals surface area contributed by atoms with Crippen molar-refractivity contribution in [3.05, 3.63) is 35.9 Å². The predicted molar refractivity (Wildman–Crippen MR) is 69.7 cm³/mol. The summed E-state index contributed by atoms with van der Waals surface area (Å²) in [6.07, 6.45) is 2.22. The van der Waals surface area contributed by atoms with E-state index in [0.717, 1.165) is 32.5 Å². The number of benzene rings is 1. The van der Waals surface area contributed by atoms with E-state index in [4.69, 9.17) is 10.5 Å². The number of nitrogens with two attached hydrogens (primary N) is 1. The van der Waals surface area contributed by atoms with Gasteiger partial charge in [0.05, 0.1) is 12.1 Å². The zero-order valence-corrected chi connectivity index (χ0v) is 10.6. The summed E-state index contributed by atoms with van der Waals surface area (Å²) in [4.78, 5) is 2.43. The van der Waals surface area contributed by atoms with Crippen molar-refractivity contribution in [2.45, 2.75) is 24.9 Å². The number of likely N-dealkylation sites (tertiary alicyclic amines) is 1. The molecule has 0 radical (unpaired) electrons. The summed E-state index contributed by atoms with van der Waals surface area (Å²) in [5.41, 5.74) is 7.54. The van der Waals surface area contributed by atoms with E-state index >= 15 is 0 Å². The van der Waals surface area contributed by atoms with Gasteiger partial charge in [0.15, 0.2) is 0 Å². The van der Waals surface area contributed by atoms with Crippen molar-refractivity contribution < 1.29 is 4.74 Å². The SMILES string of the molecule is COCC1(N)CCCN(Cc2ccccc2)C1. The Kier molecular flexibility index (Phi) is 4.15. The topological polar surface area (TPSA) is 38.5 Å². The summed E-state index contributed by atoms with van der Waals surface area (Å²) in [6.45, 7) is 3.70. The highest BCUT2D eigenvalue weighted by molar-refractivity contribution is 5.14. The molecule has 1 atom stereocenters. The van der Waals surface area contributed by atoms with Crippen LogP contribution in [-0.4, -0.2) is 37.2 Å². The summed E-state index contributed by atoms with van der Waals surface area (Å²) in [7, 11) is 1.73. The second-order valence-electron chi connectivity index (χ2n) is 5.10. The Hall–Kier alpha value is -0.900. The zero-order valence-electron chi connectivity index (χ0n) is 10.6. The molecule has 94 valence electrons. The molecule has 3 heteroatoms. The quantitative estimate of drug-likeness (QED) is 0.860. The van der Waals surface area contributed by atoms with Crippen LogP contribution in [0.15, 0.2) is 30.3 Å². The van der Waals surface area contributed by atoms with E-state index in [1.807, 2.05) is 0 Å². The van der Waals surface area contributed by atoms with E-state index in [1.165, 1.54) is 5.56 Å². The van der Waals surface area contributed by atoms with Crippen molar-refractivity contribution in [2.24, 2.45) is 5.73 Å². The number of nitrogens with zero attached hydrogens (tertiary/aromatic N) is 1. The molecular formula is C14H22N2O. The maximum absolute atomic E-state index is 6.35. The Balaban J connectivity index is 1.94. The average Bonchev–Trinajstić information content (AvgIpc) is 2.30. The zero-order chi connectivity index (χ0) is 12.1. The molecule has 3 nitrogen and oxygen atoms in total. The van der Waals surface area contributed by atoms with E-state index in [2.05, 4.69) is 35.2 Å². The Labute approximate surface area is 104 Å². The Morgan fingerprint density at radius 2 is 2.12 bits per heavy atom. The minimum Gasteiger partial charge on any atom is -0.383 e. The predicted octanol–water partition coefficient (Wildman–Crippen LogP) is 1.63. The molecule has 1 aliphatic rings. The van der Waals surface area contributed by atoms with Crippen molar-refractivity contribution in [2.75, 3.05) is 26.8 Å². The number of piperidine rings is 1. The van der Waals surface area contributed by atoms with Crippen LogP contribution in [0.1, 0.15) is 18.4 Å². The molecule has 1 aromatic rings. The molecule has 0 saturated carbocycles. The molecule has 1 saturated heterocycles. The minimum absolute atomic E-state index is 0.165. The van der Waals surface area contributed by atoms with Gasteiger partial charge in [-0.05, 0) is 24.9 Å². The van der Waals surface area contributed by atoms with E-state index in [-0.39, 0.29) is 5.54 Å². The molecule has 1 unspecified atom stereocenters. The first kappa shape index (κ1) is 12.6. The highest BCUT2D eigenvalue weighted by Gasteiger charge is 2.31. The monoisotopic (exact) mass is 234 g/mol. The van der Waals surface area contributed by atoms with E-state index in [0.29, 0.717) is 6.61 Å². The van der Waals surface area contributed by atoms with Crippen LogP contribution in [0.3, 0.4) is 0 Å². The fourth-order valence-electron chi connectivity index (χ4n) is 2.64. The van der Waals surface area contributed by atoms with E-state index in [9.17, 15) is 0 Å².